The molecule has 1 heterocycles. The fourth-order valence-corrected chi connectivity index (χ4v) is 1.52. The average Bonchev–Trinajstić information content (AvgIpc) is 2.62. The van der Waals surface area contributed by atoms with Gasteiger partial charge in [0, 0.05) is 16.8 Å². The van der Waals surface area contributed by atoms with Crippen LogP contribution in [0.5, 0.6) is 0 Å². The molecule has 0 spiro atoms. The Labute approximate surface area is 90.5 Å². The topological polar surface area (TPSA) is 53.1 Å². The number of aromatic nitrogens is 1. The maximum atomic E-state index is 11.0. The monoisotopic (exact) mass is 209 g/mol. The van der Waals surface area contributed by atoms with Gasteiger partial charge in [-0.1, -0.05) is 27.7 Å². The molecule has 0 aliphatic rings. The van der Waals surface area contributed by atoms with E-state index in [2.05, 4.69) is 25.8 Å². The number of hydrogen-bond acceptors (Lipinski definition) is 1. The molecule has 0 saturated heterocycles. The molecule has 0 amide bonds. The first-order valence-electron chi connectivity index (χ1n) is 5.38. The molecule has 0 saturated carbocycles. The standard InChI is InChI=1S/C12H19NO2/c1-5-9-8(11(14)15)7-10(13-9)12(3,4)6-2/h7,13H,5-6H2,1-4H3,(H,14,15). The molecule has 84 valence electrons. The first-order valence-corrected chi connectivity index (χ1v) is 5.38. The predicted molar refractivity (Wildman–Crippen MR) is 60.4 cm³/mol. The van der Waals surface area contributed by atoms with Gasteiger partial charge in [-0.2, -0.15) is 0 Å². The minimum atomic E-state index is -0.846. The smallest absolute Gasteiger partial charge is 0.337 e. The Kier molecular flexibility index (Phi) is 3.22. The van der Waals surface area contributed by atoms with E-state index in [9.17, 15) is 4.79 Å². The molecule has 3 heteroatoms. The molecule has 2 N–H and O–H groups in total. The van der Waals surface area contributed by atoms with Crippen molar-refractivity contribution in [2.45, 2.75) is 46.0 Å². The van der Waals surface area contributed by atoms with Gasteiger partial charge in [0.1, 0.15) is 0 Å². The van der Waals surface area contributed by atoms with Crippen LogP contribution in [-0.4, -0.2) is 16.1 Å². The second-order valence-corrected chi connectivity index (χ2v) is 4.47. The van der Waals surface area contributed by atoms with E-state index in [1.165, 1.54) is 0 Å². The summed E-state index contributed by atoms with van der Waals surface area (Å²) in [5, 5.41) is 9.03. The largest absolute Gasteiger partial charge is 0.478 e. The Morgan fingerprint density at radius 2 is 2.07 bits per heavy atom. The molecule has 0 atom stereocenters. The van der Waals surface area contributed by atoms with Crippen LogP contribution in [0.3, 0.4) is 0 Å². The van der Waals surface area contributed by atoms with E-state index < -0.39 is 5.97 Å². The number of rotatable bonds is 4. The lowest BCUT2D eigenvalue weighted by atomic mass is 9.86. The maximum Gasteiger partial charge on any atom is 0.337 e. The second-order valence-electron chi connectivity index (χ2n) is 4.47. The third kappa shape index (κ3) is 2.22. The molecule has 0 fully saturated rings. The molecule has 0 radical (unpaired) electrons. The van der Waals surface area contributed by atoms with Crippen LogP contribution in [0.2, 0.25) is 0 Å². The van der Waals surface area contributed by atoms with Gasteiger partial charge in [0.2, 0.25) is 0 Å². The summed E-state index contributed by atoms with van der Waals surface area (Å²) in [5.74, 6) is -0.846. The first kappa shape index (κ1) is 11.8. The lowest BCUT2D eigenvalue weighted by molar-refractivity contribution is 0.0696. The van der Waals surface area contributed by atoms with E-state index in [0.717, 1.165) is 24.2 Å². The summed E-state index contributed by atoms with van der Waals surface area (Å²) in [6.07, 6.45) is 1.71. The van der Waals surface area contributed by atoms with Crippen LogP contribution in [0.15, 0.2) is 6.07 Å². The van der Waals surface area contributed by atoms with Crippen molar-refractivity contribution in [2.24, 2.45) is 0 Å². The average molecular weight is 209 g/mol. The first-order chi connectivity index (χ1) is 6.92. The zero-order chi connectivity index (χ0) is 11.6. The van der Waals surface area contributed by atoms with E-state index in [-0.39, 0.29) is 5.41 Å². The van der Waals surface area contributed by atoms with Crippen LogP contribution in [0.4, 0.5) is 0 Å². The minimum Gasteiger partial charge on any atom is -0.478 e. The molecule has 0 aliphatic heterocycles. The van der Waals surface area contributed by atoms with Crippen molar-refractivity contribution in [3.63, 3.8) is 0 Å². The number of carboxylic acids is 1. The Morgan fingerprint density at radius 3 is 2.40 bits per heavy atom. The normalized spacial score (nSPS) is 11.7. The van der Waals surface area contributed by atoms with E-state index in [1.807, 2.05) is 6.92 Å². The van der Waals surface area contributed by atoms with Crippen LogP contribution in [0.25, 0.3) is 0 Å². The van der Waals surface area contributed by atoms with Crippen molar-refractivity contribution in [1.82, 2.24) is 4.98 Å². The fraction of sp³-hybridized carbons (Fsp3) is 0.583. The lowest BCUT2D eigenvalue weighted by Crippen LogP contribution is -2.15. The van der Waals surface area contributed by atoms with Gasteiger partial charge in [-0.3, -0.25) is 0 Å². The quantitative estimate of drug-likeness (QED) is 0.801. The van der Waals surface area contributed by atoms with Gasteiger partial charge in [0.25, 0.3) is 0 Å². The predicted octanol–water partition coefficient (Wildman–Crippen LogP) is 2.96. The summed E-state index contributed by atoms with van der Waals surface area (Å²) in [7, 11) is 0. The number of aryl methyl sites for hydroxylation is 1. The molecule has 0 aromatic carbocycles. The van der Waals surface area contributed by atoms with Crippen LogP contribution >= 0.6 is 0 Å². The lowest BCUT2D eigenvalue weighted by Gasteiger charge is -2.20. The third-order valence-electron chi connectivity index (χ3n) is 3.10. The van der Waals surface area contributed by atoms with Crippen molar-refractivity contribution in [1.29, 1.82) is 0 Å². The van der Waals surface area contributed by atoms with Gasteiger partial charge in [-0.25, -0.2) is 4.79 Å². The second kappa shape index (κ2) is 4.09. The van der Waals surface area contributed by atoms with Gasteiger partial charge in [-0.05, 0) is 18.9 Å². The zero-order valence-corrected chi connectivity index (χ0v) is 9.85. The Bertz CT molecular complexity index is 364. The highest BCUT2D eigenvalue weighted by molar-refractivity contribution is 5.89. The maximum absolute atomic E-state index is 11.0. The highest BCUT2D eigenvalue weighted by Crippen LogP contribution is 2.27. The van der Waals surface area contributed by atoms with Gasteiger partial charge >= 0.3 is 5.97 Å². The fourth-order valence-electron chi connectivity index (χ4n) is 1.52. The van der Waals surface area contributed by atoms with Gasteiger partial charge in [0.15, 0.2) is 0 Å². The minimum absolute atomic E-state index is 0.0115. The number of carbonyl (C=O) groups is 1. The van der Waals surface area contributed by atoms with Crippen molar-refractivity contribution < 1.29 is 9.90 Å². The van der Waals surface area contributed by atoms with Crippen molar-refractivity contribution >= 4 is 5.97 Å². The van der Waals surface area contributed by atoms with Crippen molar-refractivity contribution in [3.8, 4) is 0 Å². The van der Waals surface area contributed by atoms with Crippen LogP contribution < -0.4 is 0 Å². The Hall–Kier alpha value is -1.25. The molecule has 0 aliphatic carbocycles. The number of H-pyrrole nitrogens is 1. The van der Waals surface area contributed by atoms with E-state index in [1.54, 1.807) is 6.07 Å². The summed E-state index contributed by atoms with van der Waals surface area (Å²) in [5.41, 5.74) is 2.25. The SMILES string of the molecule is CCc1[nH]c(C(C)(C)CC)cc1C(=O)O. The molecule has 1 aromatic rings. The highest BCUT2D eigenvalue weighted by Gasteiger charge is 2.23. The summed E-state index contributed by atoms with van der Waals surface area (Å²) < 4.78 is 0. The van der Waals surface area contributed by atoms with Gasteiger partial charge in [-0.15, -0.1) is 0 Å². The van der Waals surface area contributed by atoms with Crippen LogP contribution in [0, 0.1) is 0 Å². The molecule has 0 bridgehead atoms. The molecule has 3 nitrogen and oxygen atoms in total. The summed E-state index contributed by atoms with van der Waals surface area (Å²) in [4.78, 5) is 14.2. The third-order valence-corrected chi connectivity index (χ3v) is 3.10. The Morgan fingerprint density at radius 1 is 1.47 bits per heavy atom. The zero-order valence-electron chi connectivity index (χ0n) is 9.85. The number of aromatic amines is 1. The number of nitrogens with one attached hydrogen (secondary N) is 1. The highest BCUT2D eigenvalue weighted by atomic mass is 16.4. The van der Waals surface area contributed by atoms with Crippen molar-refractivity contribution in [3.05, 3.63) is 23.0 Å². The van der Waals surface area contributed by atoms with Gasteiger partial charge in [0.05, 0.1) is 5.56 Å². The summed E-state index contributed by atoms with van der Waals surface area (Å²) >= 11 is 0. The van der Waals surface area contributed by atoms with Crippen LogP contribution in [-0.2, 0) is 11.8 Å². The Balaban J connectivity index is 3.19. The summed E-state index contributed by atoms with van der Waals surface area (Å²) in [6.45, 7) is 8.29. The van der Waals surface area contributed by atoms with E-state index in [4.69, 9.17) is 5.11 Å². The van der Waals surface area contributed by atoms with E-state index >= 15 is 0 Å². The number of hydrogen-bond donors (Lipinski definition) is 2. The molecule has 15 heavy (non-hydrogen) atoms. The van der Waals surface area contributed by atoms with Gasteiger partial charge < -0.3 is 10.1 Å². The molecule has 1 aromatic heterocycles. The summed E-state index contributed by atoms with van der Waals surface area (Å²) in [6, 6.07) is 1.77. The number of carboxylic acid groups (broad SMARTS) is 1. The molecule has 0 unspecified atom stereocenters. The molecular weight excluding hydrogens is 190 g/mol. The number of aromatic carboxylic acids is 1. The molecular formula is C12H19NO2. The van der Waals surface area contributed by atoms with Crippen LogP contribution in [0.1, 0.15) is 55.9 Å². The van der Waals surface area contributed by atoms with E-state index in [0.29, 0.717) is 5.56 Å². The van der Waals surface area contributed by atoms with Crippen molar-refractivity contribution in [2.75, 3.05) is 0 Å². The molecule has 1 rings (SSSR count).